The van der Waals surface area contributed by atoms with E-state index in [1.807, 2.05) is 72.8 Å². The molecule has 0 aliphatic rings. The maximum atomic E-state index is 6.59. The minimum absolute atomic E-state index is 0.563. The van der Waals surface area contributed by atoms with Gasteiger partial charge in [-0.1, -0.05) is 146 Å². The van der Waals surface area contributed by atoms with Gasteiger partial charge in [-0.25, -0.2) is 4.98 Å². The molecule has 0 atom stereocenters. The van der Waals surface area contributed by atoms with Crippen LogP contribution in [0.15, 0.2) is 192 Å². The molecule has 0 aliphatic heterocycles. The van der Waals surface area contributed by atoms with Gasteiger partial charge in [0.05, 0.1) is 22.1 Å². The Morgan fingerprint density at radius 1 is 0.351 bits per heavy atom. The molecule has 266 valence electrons. The van der Waals surface area contributed by atoms with Gasteiger partial charge in [0, 0.05) is 54.7 Å². The van der Waals surface area contributed by atoms with Gasteiger partial charge < -0.3 is 8.98 Å². The van der Waals surface area contributed by atoms with E-state index in [0.717, 1.165) is 82.7 Å². The van der Waals surface area contributed by atoms with Crippen LogP contribution in [0.5, 0.6) is 0 Å². The van der Waals surface area contributed by atoms with E-state index in [4.69, 9.17) is 19.4 Å². The van der Waals surface area contributed by atoms with Crippen molar-refractivity contribution in [3.05, 3.63) is 188 Å². The van der Waals surface area contributed by atoms with E-state index < -0.39 is 0 Å². The number of hydrogen-bond donors (Lipinski definition) is 0. The van der Waals surface area contributed by atoms with Gasteiger partial charge in [0.25, 0.3) is 0 Å². The molecule has 0 bridgehead atoms. The van der Waals surface area contributed by atoms with Gasteiger partial charge in [-0.05, 0) is 48.0 Å². The van der Waals surface area contributed by atoms with Gasteiger partial charge in [-0.15, -0.1) is 0 Å². The van der Waals surface area contributed by atoms with Gasteiger partial charge in [-0.2, -0.15) is 9.97 Å². The van der Waals surface area contributed by atoms with Crippen LogP contribution >= 0.6 is 0 Å². The van der Waals surface area contributed by atoms with Crippen molar-refractivity contribution in [3.63, 3.8) is 0 Å². The van der Waals surface area contributed by atoms with E-state index in [-0.39, 0.29) is 0 Å². The number of hydrogen-bond acceptors (Lipinski definition) is 4. The van der Waals surface area contributed by atoms with Crippen molar-refractivity contribution in [1.82, 2.24) is 24.1 Å². The second-order valence-electron chi connectivity index (χ2n) is 14.4. The summed E-state index contributed by atoms with van der Waals surface area (Å²) in [6, 6.07) is 65.6. The summed E-state index contributed by atoms with van der Waals surface area (Å²) in [5.41, 5.74) is 11.1. The van der Waals surface area contributed by atoms with Crippen molar-refractivity contribution in [2.24, 2.45) is 0 Å². The van der Waals surface area contributed by atoms with E-state index >= 15 is 0 Å². The molecule has 0 saturated carbocycles. The summed E-state index contributed by atoms with van der Waals surface area (Å²) in [5, 5.41) is 6.78. The highest BCUT2D eigenvalue weighted by Gasteiger charge is 2.22. The van der Waals surface area contributed by atoms with Crippen LogP contribution in [0.4, 0.5) is 0 Å². The highest BCUT2D eigenvalue weighted by molar-refractivity contribution is 6.19. The zero-order valence-electron chi connectivity index (χ0n) is 30.5. The molecule has 6 nitrogen and oxygen atoms in total. The minimum Gasteiger partial charge on any atom is -0.455 e. The van der Waals surface area contributed by atoms with Crippen molar-refractivity contribution in [2.45, 2.75) is 0 Å². The maximum absolute atomic E-state index is 6.59. The van der Waals surface area contributed by atoms with Crippen molar-refractivity contribution < 1.29 is 4.42 Å². The first-order valence-corrected chi connectivity index (χ1v) is 19.1. The third-order valence-electron chi connectivity index (χ3n) is 11.2. The first-order chi connectivity index (χ1) is 28.3. The van der Waals surface area contributed by atoms with Gasteiger partial charge in [0.2, 0.25) is 5.95 Å². The Morgan fingerprint density at radius 2 is 0.860 bits per heavy atom. The van der Waals surface area contributed by atoms with Crippen LogP contribution in [-0.2, 0) is 0 Å². The predicted molar refractivity (Wildman–Crippen MR) is 232 cm³/mol. The number of aromatic nitrogens is 5. The molecule has 0 radical (unpaired) electrons. The lowest BCUT2D eigenvalue weighted by molar-refractivity contribution is 0.670. The van der Waals surface area contributed by atoms with Gasteiger partial charge >= 0.3 is 0 Å². The summed E-state index contributed by atoms with van der Waals surface area (Å²) < 4.78 is 11.2. The molecular formula is C51H31N5O. The monoisotopic (exact) mass is 729 g/mol. The number of fused-ring (bicyclic) bond motifs is 9. The molecule has 0 saturated heterocycles. The first-order valence-electron chi connectivity index (χ1n) is 19.1. The Kier molecular flexibility index (Phi) is 6.83. The van der Waals surface area contributed by atoms with Crippen molar-refractivity contribution in [2.75, 3.05) is 0 Å². The smallest absolute Gasteiger partial charge is 0.238 e. The van der Waals surface area contributed by atoms with Gasteiger partial charge in [0.15, 0.2) is 11.6 Å². The summed E-state index contributed by atoms with van der Waals surface area (Å²) in [6.07, 6.45) is 0. The number of furan rings is 1. The topological polar surface area (TPSA) is 61.7 Å². The zero-order chi connectivity index (χ0) is 37.5. The molecule has 0 unspecified atom stereocenters. The molecule has 12 aromatic rings. The van der Waals surface area contributed by atoms with Crippen molar-refractivity contribution >= 4 is 65.6 Å². The van der Waals surface area contributed by atoms with Crippen LogP contribution in [0, 0.1) is 0 Å². The summed E-state index contributed by atoms with van der Waals surface area (Å²) in [6.45, 7) is 0. The standard InChI is InChI=1S/C51H31N5O/c1-4-16-32(17-5-1)39-28-35(29-42-38-24-12-15-27-47(38)57-48(39)42)55-43-25-13-10-22-36(43)40-30-41-37-23-11-14-26-44(37)56(46(41)31-45(40)55)51-53-49(33-18-6-2-7-19-33)52-50(54-51)34-20-8-3-9-21-34/h1-31H. The lowest BCUT2D eigenvalue weighted by Crippen LogP contribution is -2.06. The number of para-hydroxylation sites is 3. The molecule has 12 rings (SSSR count). The highest BCUT2D eigenvalue weighted by atomic mass is 16.3. The van der Waals surface area contributed by atoms with E-state index in [1.165, 1.54) is 10.8 Å². The summed E-state index contributed by atoms with van der Waals surface area (Å²) in [5.74, 6) is 1.80. The average molecular weight is 730 g/mol. The normalized spacial score (nSPS) is 11.9. The lowest BCUT2D eigenvalue weighted by atomic mass is 10.0. The Balaban J connectivity index is 1.19. The fourth-order valence-corrected chi connectivity index (χ4v) is 8.60. The quantitative estimate of drug-likeness (QED) is 0.177. The highest BCUT2D eigenvalue weighted by Crippen LogP contribution is 2.43. The number of rotatable bonds is 5. The van der Waals surface area contributed by atoms with Crippen LogP contribution in [-0.4, -0.2) is 24.1 Å². The maximum Gasteiger partial charge on any atom is 0.238 e. The van der Waals surface area contributed by atoms with Crippen molar-refractivity contribution in [3.8, 4) is 45.5 Å². The summed E-state index contributed by atoms with van der Waals surface area (Å²) in [7, 11) is 0. The molecular weight excluding hydrogens is 699 g/mol. The van der Waals surface area contributed by atoms with Gasteiger partial charge in [0.1, 0.15) is 11.2 Å². The molecule has 0 fully saturated rings. The van der Waals surface area contributed by atoms with E-state index in [9.17, 15) is 0 Å². The van der Waals surface area contributed by atoms with Crippen LogP contribution in [0.25, 0.3) is 111 Å². The molecule has 4 aromatic heterocycles. The van der Waals surface area contributed by atoms with E-state index in [2.05, 4.69) is 124 Å². The molecule has 0 N–H and O–H groups in total. The van der Waals surface area contributed by atoms with Crippen LogP contribution in [0.3, 0.4) is 0 Å². The SMILES string of the molecule is c1ccc(-c2nc(-c3ccccc3)nc(-n3c4ccccc4c4cc5c6ccccc6n(-c6cc(-c7ccccc7)c7oc8ccccc8c7c6)c5cc43)n2)cc1. The fraction of sp³-hybridized carbons (Fsp3) is 0. The molecule has 0 aliphatic carbocycles. The van der Waals surface area contributed by atoms with Crippen LogP contribution in [0.2, 0.25) is 0 Å². The second kappa shape index (κ2) is 12.3. The molecule has 4 heterocycles. The van der Waals surface area contributed by atoms with Crippen LogP contribution in [0.1, 0.15) is 0 Å². The molecule has 0 spiro atoms. The largest absolute Gasteiger partial charge is 0.455 e. The third kappa shape index (κ3) is 4.87. The Hall–Kier alpha value is -7.83. The zero-order valence-corrected chi connectivity index (χ0v) is 30.5. The summed E-state index contributed by atoms with van der Waals surface area (Å²) in [4.78, 5) is 15.4. The van der Waals surface area contributed by atoms with Crippen molar-refractivity contribution in [1.29, 1.82) is 0 Å². The van der Waals surface area contributed by atoms with E-state index in [1.54, 1.807) is 0 Å². The Bertz CT molecular complexity index is 3450. The third-order valence-corrected chi connectivity index (χ3v) is 11.2. The fourth-order valence-electron chi connectivity index (χ4n) is 8.60. The number of benzene rings is 8. The first kappa shape index (κ1) is 31.5. The van der Waals surface area contributed by atoms with Crippen LogP contribution < -0.4 is 0 Å². The molecule has 6 heteroatoms. The molecule has 8 aromatic carbocycles. The van der Waals surface area contributed by atoms with E-state index in [0.29, 0.717) is 17.6 Å². The predicted octanol–water partition coefficient (Wildman–Crippen LogP) is 13.0. The average Bonchev–Trinajstić information content (AvgIpc) is 3.93. The van der Waals surface area contributed by atoms with Gasteiger partial charge in [-0.3, -0.25) is 4.57 Å². The molecule has 57 heavy (non-hydrogen) atoms. The second-order valence-corrected chi connectivity index (χ2v) is 14.4. The Labute approximate surface area is 326 Å². The Morgan fingerprint density at radius 3 is 1.49 bits per heavy atom. The minimum atomic E-state index is 0.563. The lowest BCUT2D eigenvalue weighted by Gasteiger charge is -2.13. The molecule has 0 amide bonds. The number of nitrogens with zero attached hydrogens (tertiary/aromatic N) is 5. The summed E-state index contributed by atoms with van der Waals surface area (Å²) >= 11 is 0.